The molecule has 1 aliphatic rings. The van der Waals surface area contributed by atoms with Crippen LogP contribution in [0.2, 0.25) is 0 Å². The maximum absolute atomic E-state index is 12.5. The van der Waals surface area contributed by atoms with Gasteiger partial charge in [0.1, 0.15) is 0 Å². The molecule has 110 valence electrons. The molecule has 1 atom stereocenters. The molecular formula is C14H17N5O2. The number of nitrogens with zero attached hydrogens (tertiary/aromatic N) is 4. The molecule has 2 aromatic heterocycles. The predicted molar refractivity (Wildman–Crippen MR) is 75.1 cm³/mol. The summed E-state index contributed by atoms with van der Waals surface area (Å²) in [5.74, 6) is 0.617. The number of H-pyrrole nitrogens is 1. The molecule has 1 saturated heterocycles. The van der Waals surface area contributed by atoms with Crippen molar-refractivity contribution in [2.75, 3.05) is 20.2 Å². The molecule has 1 aliphatic heterocycles. The first kappa shape index (κ1) is 13.5. The fraction of sp³-hybridized carbons (Fsp3) is 0.429. The van der Waals surface area contributed by atoms with Crippen molar-refractivity contribution >= 4 is 5.91 Å². The van der Waals surface area contributed by atoms with Crippen molar-refractivity contribution in [3.05, 3.63) is 35.8 Å². The highest BCUT2D eigenvalue weighted by Crippen LogP contribution is 2.26. The van der Waals surface area contributed by atoms with Crippen molar-refractivity contribution < 1.29 is 9.53 Å². The van der Waals surface area contributed by atoms with Crippen molar-refractivity contribution in [2.24, 2.45) is 0 Å². The first-order valence-corrected chi connectivity index (χ1v) is 6.94. The quantitative estimate of drug-likeness (QED) is 0.917. The van der Waals surface area contributed by atoms with Gasteiger partial charge in [0.15, 0.2) is 5.69 Å². The van der Waals surface area contributed by atoms with Gasteiger partial charge in [-0.15, -0.1) is 10.2 Å². The van der Waals surface area contributed by atoms with Gasteiger partial charge in [-0.05, 0) is 25.0 Å². The number of ether oxygens (including phenoxy) is 1. The Kier molecular flexibility index (Phi) is 3.81. The van der Waals surface area contributed by atoms with Crippen LogP contribution in [0.3, 0.4) is 0 Å². The van der Waals surface area contributed by atoms with E-state index in [-0.39, 0.29) is 5.91 Å². The molecule has 1 N–H and O–H groups in total. The van der Waals surface area contributed by atoms with Gasteiger partial charge in [0.05, 0.1) is 7.11 Å². The molecule has 1 amide bonds. The minimum atomic E-state index is -0.0885. The molecule has 21 heavy (non-hydrogen) atoms. The Morgan fingerprint density at radius 1 is 1.38 bits per heavy atom. The Balaban J connectivity index is 1.71. The summed E-state index contributed by atoms with van der Waals surface area (Å²) >= 11 is 0. The van der Waals surface area contributed by atoms with Gasteiger partial charge in [0.25, 0.3) is 5.91 Å². The Labute approximate surface area is 122 Å². The Bertz CT molecular complexity index is 596. The Morgan fingerprint density at radius 2 is 2.29 bits per heavy atom. The lowest BCUT2D eigenvalue weighted by atomic mass is 9.95. The monoisotopic (exact) mass is 287 g/mol. The van der Waals surface area contributed by atoms with Crippen LogP contribution in [0.25, 0.3) is 0 Å². The normalized spacial score (nSPS) is 18.5. The molecule has 7 nitrogen and oxygen atoms in total. The summed E-state index contributed by atoms with van der Waals surface area (Å²) in [6.07, 6.45) is 3.77. The smallest absolute Gasteiger partial charge is 0.274 e. The summed E-state index contributed by atoms with van der Waals surface area (Å²) in [4.78, 5) is 14.3. The van der Waals surface area contributed by atoms with E-state index in [1.54, 1.807) is 18.3 Å². The number of methoxy groups -OCH3 is 1. The molecule has 2 aromatic rings. The van der Waals surface area contributed by atoms with Crippen molar-refractivity contribution in [1.82, 2.24) is 25.3 Å². The molecular weight excluding hydrogens is 270 g/mol. The minimum Gasteiger partial charge on any atom is -0.480 e. The third-order valence-corrected chi connectivity index (χ3v) is 3.74. The van der Waals surface area contributed by atoms with Crippen LogP contribution in [-0.2, 0) is 0 Å². The molecule has 1 fully saturated rings. The van der Waals surface area contributed by atoms with E-state index in [1.165, 1.54) is 7.11 Å². The van der Waals surface area contributed by atoms with Gasteiger partial charge in [-0.2, -0.15) is 5.10 Å². The van der Waals surface area contributed by atoms with E-state index >= 15 is 0 Å². The Hall–Kier alpha value is -2.44. The largest absolute Gasteiger partial charge is 0.480 e. The van der Waals surface area contributed by atoms with E-state index in [1.807, 2.05) is 11.0 Å². The average Bonchev–Trinajstić information content (AvgIpc) is 3.09. The fourth-order valence-corrected chi connectivity index (χ4v) is 2.61. The zero-order valence-corrected chi connectivity index (χ0v) is 11.8. The van der Waals surface area contributed by atoms with Crippen molar-refractivity contribution in [3.8, 4) is 5.88 Å². The molecule has 7 heteroatoms. The molecule has 0 radical (unpaired) electrons. The molecule has 3 heterocycles. The van der Waals surface area contributed by atoms with Crippen LogP contribution in [0.4, 0.5) is 0 Å². The molecule has 0 spiro atoms. The van der Waals surface area contributed by atoms with Crippen molar-refractivity contribution in [2.45, 2.75) is 18.8 Å². The summed E-state index contributed by atoms with van der Waals surface area (Å²) in [6.45, 7) is 1.42. The van der Waals surface area contributed by atoms with E-state index in [4.69, 9.17) is 4.74 Å². The molecule has 3 rings (SSSR count). The highest BCUT2D eigenvalue weighted by atomic mass is 16.5. The van der Waals surface area contributed by atoms with Crippen LogP contribution in [-0.4, -0.2) is 51.4 Å². The van der Waals surface area contributed by atoms with Crippen molar-refractivity contribution in [1.29, 1.82) is 0 Å². The van der Waals surface area contributed by atoms with Crippen LogP contribution in [0.15, 0.2) is 24.4 Å². The van der Waals surface area contributed by atoms with E-state index in [9.17, 15) is 4.79 Å². The summed E-state index contributed by atoms with van der Waals surface area (Å²) < 4.78 is 4.95. The number of piperidine rings is 1. The van der Waals surface area contributed by atoms with Gasteiger partial charge in [-0.3, -0.25) is 9.89 Å². The molecule has 0 unspecified atom stereocenters. The van der Waals surface area contributed by atoms with Gasteiger partial charge in [0, 0.05) is 37.0 Å². The molecule has 0 bridgehead atoms. The first-order chi connectivity index (χ1) is 10.3. The Morgan fingerprint density at radius 3 is 2.95 bits per heavy atom. The number of likely N-dealkylation sites (tertiary alicyclic amines) is 1. The predicted octanol–water partition coefficient (Wildman–Crippen LogP) is 1.23. The number of carbonyl (C=O) groups is 1. The van der Waals surface area contributed by atoms with E-state index in [0.29, 0.717) is 24.0 Å². The summed E-state index contributed by atoms with van der Waals surface area (Å²) in [5.41, 5.74) is 1.43. The fourth-order valence-electron chi connectivity index (χ4n) is 2.61. The number of aromatic nitrogens is 4. The zero-order chi connectivity index (χ0) is 14.7. The maximum atomic E-state index is 12.5. The number of amides is 1. The second-order valence-corrected chi connectivity index (χ2v) is 5.06. The molecule has 0 saturated carbocycles. The summed E-state index contributed by atoms with van der Waals surface area (Å²) in [6, 6.07) is 5.26. The second-order valence-electron chi connectivity index (χ2n) is 5.06. The average molecular weight is 287 g/mol. The third-order valence-electron chi connectivity index (χ3n) is 3.74. The SMILES string of the molecule is COc1ccc(C(=O)N2CCC[C@H](c3ccn[nH]3)C2)nn1. The van der Waals surface area contributed by atoms with E-state index in [0.717, 1.165) is 25.1 Å². The number of aromatic amines is 1. The minimum absolute atomic E-state index is 0.0885. The highest BCUT2D eigenvalue weighted by molar-refractivity contribution is 5.92. The molecule has 0 aliphatic carbocycles. The van der Waals surface area contributed by atoms with Crippen LogP contribution in [0, 0.1) is 0 Å². The zero-order valence-electron chi connectivity index (χ0n) is 11.8. The van der Waals surface area contributed by atoms with Gasteiger partial charge >= 0.3 is 0 Å². The lowest BCUT2D eigenvalue weighted by Gasteiger charge is -2.31. The molecule has 0 aromatic carbocycles. The topological polar surface area (TPSA) is 84.0 Å². The van der Waals surface area contributed by atoms with Gasteiger partial charge in [-0.25, -0.2) is 0 Å². The second kappa shape index (κ2) is 5.90. The van der Waals surface area contributed by atoms with Gasteiger partial charge in [0.2, 0.25) is 5.88 Å². The van der Waals surface area contributed by atoms with Crippen LogP contribution in [0.5, 0.6) is 5.88 Å². The summed E-state index contributed by atoms with van der Waals surface area (Å²) in [7, 11) is 1.52. The standard InChI is InChI=1S/C14H17N5O2/c1-21-13-5-4-12(17-18-13)14(20)19-8-2-3-10(9-19)11-6-7-15-16-11/h4-7,10H,2-3,8-9H2,1H3,(H,15,16)/t10-/m0/s1. The van der Waals surface area contributed by atoms with Crippen LogP contribution in [0.1, 0.15) is 34.9 Å². The van der Waals surface area contributed by atoms with Crippen LogP contribution >= 0.6 is 0 Å². The third kappa shape index (κ3) is 2.86. The summed E-state index contributed by atoms with van der Waals surface area (Å²) in [5, 5.41) is 14.7. The number of carbonyl (C=O) groups excluding carboxylic acids is 1. The van der Waals surface area contributed by atoms with Gasteiger partial charge < -0.3 is 9.64 Å². The number of hydrogen-bond acceptors (Lipinski definition) is 5. The lowest BCUT2D eigenvalue weighted by Crippen LogP contribution is -2.39. The highest BCUT2D eigenvalue weighted by Gasteiger charge is 2.27. The number of nitrogens with one attached hydrogen (secondary N) is 1. The van der Waals surface area contributed by atoms with Gasteiger partial charge in [-0.1, -0.05) is 0 Å². The maximum Gasteiger partial charge on any atom is 0.274 e. The van der Waals surface area contributed by atoms with E-state index in [2.05, 4.69) is 20.4 Å². The van der Waals surface area contributed by atoms with E-state index < -0.39 is 0 Å². The van der Waals surface area contributed by atoms with Crippen LogP contribution < -0.4 is 4.74 Å². The van der Waals surface area contributed by atoms with Crippen molar-refractivity contribution in [3.63, 3.8) is 0 Å². The lowest BCUT2D eigenvalue weighted by molar-refractivity contribution is 0.0698. The number of rotatable bonds is 3. The number of hydrogen-bond donors (Lipinski definition) is 1. The first-order valence-electron chi connectivity index (χ1n) is 6.94.